The van der Waals surface area contributed by atoms with E-state index in [2.05, 4.69) is 0 Å². The van der Waals surface area contributed by atoms with Gasteiger partial charge in [0.1, 0.15) is 12.1 Å². The normalized spacial score (nSPS) is 16.4. The molecule has 0 bridgehead atoms. The van der Waals surface area contributed by atoms with Gasteiger partial charge in [-0.1, -0.05) is 0 Å². The zero-order chi connectivity index (χ0) is 17.2. The summed E-state index contributed by atoms with van der Waals surface area (Å²) in [5.74, 6) is -1.95. The molecule has 1 amide bonds. The van der Waals surface area contributed by atoms with Gasteiger partial charge in [-0.25, -0.2) is 0 Å². The predicted molar refractivity (Wildman–Crippen MR) is 72.6 cm³/mol. The van der Waals surface area contributed by atoms with E-state index in [4.69, 9.17) is 5.11 Å². The number of hydrogen-bond donors (Lipinski definition) is 1. The number of carboxylic acid groups (broad SMARTS) is 1. The highest BCUT2D eigenvalue weighted by Crippen LogP contribution is 2.26. The molecule has 1 aromatic rings. The molecule has 6 nitrogen and oxygen atoms in total. The van der Waals surface area contributed by atoms with Crippen LogP contribution < -0.4 is 5.56 Å². The number of carbonyl (C=O) groups excluding carboxylic acids is 1. The number of hydrogen-bond acceptors (Lipinski definition) is 3. The third-order valence-corrected chi connectivity index (χ3v) is 3.83. The molecule has 0 atom stereocenters. The molecule has 0 saturated carbocycles. The van der Waals surface area contributed by atoms with Crippen LogP contribution >= 0.6 is 0 Å². The minimum absolute atomic E-state index is 0.212. The third kappa shape index (κ3) is 3.91. The monoisotopic (exact) mass is 332 g/mol. The van der Waals surface area contributed by atoms with E-state index in [1.807, 2.05) is 0 Å². The van der Waals surface area contributed by atoms with Crippen molar-refractivity contribution in [2.75, 3.05) is 13.1 Å². The fourth-order valence-corrected chi connectivity index (χ4v) is 2.50. The van der Waals surface area contributed by atoms with Gasteiger partial charge in [-0.15, -0.1) is 0 Å². The minimum atomic E-state index is -4.77. The van der Waals surface area contributed by atoms with Crippen LogP contribution in [0.4, 0.5) is 13.2 Å². The van der Waals surface area contributed by atoms with Crippen LogP contribution in [0.2, 0.25) is 0 Å². The maximum atomic E-state index is 12.7. The van der Waals surface area contributed by atoms with Gasteiger partial charge < -0.3 is 14.6 Å². The number of piperidine rings is 1. The van der Waals surface area contributed by atoms with Gasteiger partial charge in [-0.3, -0.25) is 14.4 Å². The van der Waals surface area contributed by atoms with Gasteiger partial charge in [0.2, 0.25) is 5.91 Å². The Morgan fingerprint density at radius 1 is 1.26 bits per heavy atom. The highest BCUT2D eigenvalue weighted by atomic mass is 19.4. The summed E-state index contributed by atoms with van der Waals surface area (Å²) in [4.78, 5) is 36.1. The Balaban J connectivity index is 2.07. The molecule has 9 heteroatoms. The van der Waals surface area contributed by atoms with E-state index >= 15 is 0 Å². The highest BCUT2D eigenvalue weighted by molar-refractivity contribution is 5.77. The first kappa shape index (κ1) is 17.0. The molecule has 1 aliphatic heterocycles. The Hall–Kier alpha value is -2.32. The first-order chi connectivity index (χ1) is 10.7. The Bertz CT molecular complexity index is 661. The van der Waals surface area contributed by atoms with Crippen molar-refractivity contribution in [2.45, 2.75) is 25.6 Å². The first-order valence-electron chi connectivity index (χ1n) is 6.97. The lowest BCUT2D eigenvalue weighted by molar-refractivity contribution is -0.145. The lowest BCUT2D eigenvalue weighted by Crippen LogP contribution is -2.43. The van der Waals surface area contributed by atoms with E-state index in [0.717, 1.165) is 12.3 Å². The summed E-state index contributed by atoms with van der Waals surface area (Å²) in [6.07, 6.45) is -3.07. The van der Waals surface area contributed by atoms with Gasteiger partial charge in [-0.2, -0.15) is 13.2 Å². The molecule has 1 fully saturated rings. The number of amides is 1. The molecule has 1 aromatic heterocycles. The standard InChI is InChI=1S/C14H15F3N2O4/c15-14(16,17)10-2-1-5-19(12(10)21)8-11(20)18-6-3-9(4-7-18)13(22)23/h1-2,5,9H,3-4,6-8H2,(H,22,23). The van der Waals surface area contributed by atoms with Gasteiger partial charge >= 0.3 is 12.1 Å². The van der Waals surface area contributed by atoms with Crippen molar-refractivity contribution in [1.82, 2.24) is 9.47 Å². The number of aromatic nitrogens is 1. The van der Waals surface area contributed by atoms with Gasteiger partial charge in [0.25, 0.3) is 5.56 Å². The number of likely N-dealkylation sites (tertiary alicyclic amines) is 1. The van der Waals surface area contributed by atoms with E-state index in [-0.39, 0.29) is 13.1 Å². The average molecular weight is 332 g/mol. The van der Waals surface area contributed by atoms with E-state index < -0.39 is 41.6 Å². The van der Waals surface area contributed by atoms with Crippen LogP contribution in [0.15, 0.2) is 23.1 Å². The van der Waals surface area contributed by atoms with Gasteiger partial charge in [-0.05, 0) is 25.0 Å². The van der Waals surface area contributed by atoms with Crippen LogP contribution in [-0.2, 0) is 22.3 Å². The molecule has 0 aromatic carbocycles. The molecule has 1 N–H and O–H groups in total. The quantitative estimate of drug-likeness (QED) is 0.902. The first-order valence-corrected chi connectivity index (χ1v) is 6.97. The number of alkyl halides is 3. The Kier molecular flexibility index (Phi) is 4.76. The minimum Gasteiger partial charge on any atom is -0.481 e. The summed E-state index contributed by atoms with van der Waals surface area (Å²) in [6.45, 7) is -0.0759. The highest BCUT2D eigenvalue weighted by Gasteiger charge is 2.34. The molecule has 0 spiro atoms. The second-order valence-electron chi connectivity index (χ2n) is 5.35. The number of rotatable bonds is 3. The number of aliphatic carboxylic acids is 1. The number of pyridine rings is 1. The van der Waals surface area contributed by atoms with Crippen molar-refractivity contribution in [3.05, 3.63) is 34.2 Å². The summed E-state index contributed by atoms with van der Waals surface area (Å²) >= 11 is 0. The fourth-order valence-electron chi connectivity index (χ4n) is 2.50. The third-order valence-electron chi connectivity index (χ3n) is 3.83. The second kappa shape index (κ2) is 6.43. The van der Waals surface area contributed by atoms with Crippen molar-refractivity contribution in [2.24, 2.45) is 5.92 Å². The van der Waals surface area contributed by atoms with Gasteiger partial charge in [0.15, 0.2) is 0 Å². The molecule has 23 heavy (non-hydrogen) atoms. The number of carbonyl (C=O) groups is 2. The van der Waals surface area contributed by atoms with Crippen LogP contribution in [0, 0.1) is 5.92 Å². The summed E-state index contributed by atoms with van der Waals surface area (Å²) in [5.41, 5.74) is -2.59. The van der Waals surface area contributed by atoms with E-state index in [1.165, 1.54) is 4.90 Å². The Morgan fingerprint density at radius 2 is 1.87 bits per heavy atom. The zero-order valence-electron chi connectivity index (χ0n) is 12.0. The summed E-state index contributed by atoms with van der Waals surface area (Å²) in [5, 5.41) is 8.89. The van der Waals surface area contributed by atoms with Crippen molar-refractivity contribution >= 4 is 11.9 Å². The van der Waals surface area contributed by atoms with Crippen LogP contribution in [0.3, 0.4) is 0 Å². The van der Waals surface area contributed by atoms with E-state index in [1.54, 1.807) is 0 Å². The van der Waals surface area contributed by atoms with Crippen molar-refractivity contribution < 1.29 is 27.9 Å². The fraction of sp³-hybridized carbons (Fsp3) is 0.500. The van der Waals surface area contributed by atoms with Gasteiger partial charge in [0.05, 0.1) is 5.92 Å². The Morgan fingerprint density at radius 3 is 2.39 bits per heavy atom. The zero-order valence-corrected chi connectivity index (χ0v) is 12.0. The smallest absolute Gasteiger partial charge is 0.421 e. The number of nitrogens with zero attached hydrogens (tertiary/aromatic N) is 2. The van der Waals surface area contributed by atoms with Crippen LogP contribution in [0.25, 0.3) is 0 Å². The largest absolute Gasteiger partial charge is 0.481 e. The predicted octanol–water partition coefficient (Wildman–Crippen LogP) is 1.19. The Labute approximate surface area is 129 Å². The van der Waals surface area contributed by atoms with Crippen molar-refractivity contribution in [3.8, 4) is 0 Å². The summed E-state index contributed by atoms with van der Waals surface area (Å²) in [7, 11) is 0. The van der Waals surface area contributed by atoms with E-state index in [0.29, 0.717) is 23.5 Å². The maximum absolute atomic E-state index is 12.7. The van der Waals surface area contributed by atoms with Gasteiger partial charge in [0, 0.05) is 19.3 Å². The maximum Gasteiger partial charge on any atom is 0.421 e. The lowest BCUT2D eigenvalue weighted by atomic mass is 9.97. The summed E-state index contributed by atoms with van der Waals surface area (Å²) in [6, 6.07) is 1.73. The molecular formula is C14H15F3N2O4. The number of halogens is 3. The molecule has 2 heterocycles. The molecule has 0 unspecified atom stereocenters. The summed E-state index contributed by atoms with van der Waals surface area (Å²) < 4.78 is 38.7. The molecule has 2 rings (SSSR count). The van der Waals surface area contributed by atoms with Crippen LogP contribution in [0.1, 0.15) is 18.4 Å². The molecule has 126 valence electrons. The topological polar surface area (TPSA) is 79.6 Å². The van der Waals surface area contributed by atoms with Crippen LogP contribution in [-0.4, -0.2) is 39.5 Å². The number of carboxylic acids is 1. The molecule has 1 saturated heterocycles. The molecule has 1 aliphatic rings. The lowest BCUT2D eigenvalue weighted by Gasteiger charge is -2.30. The van der Waals surface area contributed by atoms with E-state index in [9.17, 15) is 27.6 Å². The molecule has 0 aliphatic carbocycles. The van der Waals surface area contributed by atoms with Crippen LogP contribution in [0.5, 0.6) is 0 Å². The van der Waals surface area contributed by atoms with Crippen molar-refractivity contribution in [1.29, 1.82) is 0 Å². The average Bonchev–Trinajstić information content (AvgIpc) is 2.48. The SMILES string of the molecule is O=C(O)C1CCN(C(=O)Cn2cccc(C(F)(F)F)c2=O)CC1. The van der Waals surface area contributed by atoms with Crippen molar-refractivity contribution in [3.63, 3.8) is 0 Å². The second-order valence-corrected chi connectivity index (χ2v) is 5.35. The molecule has 0 radical (unpaired) electrons. The molecular weight excluding hydrogens is 317 g/mol.